The highest BCUT2D eigenvalue weighted by molar-refractivity contribution is 5.85. The van der Waals surface area contributed by atoms with Crippen molar-refractivity contribution in [3.8, 4) is 0 Å². The minimum atomic E-state index is 0. The molecule has 24 heavy (non-hydrogen) atoms. The third-order valence-electron chi connectivity index (χ3n) is 6.48. The van der Waals surface area contributed by atoms with Gasteiger partial charge in [0.1, 0.15) is 0 Å². The predicted octanol–water partition coefficient (Wildman–Crippen LogP) is 1.66. The molecule has 4 fully saturated rings. The molecule has 0 aromatic heterocycles. The van der Waals surface area contributed by atoms with Gasteiger partial charge < -0.3 is 15.1 Å². The Morgan fingerprint density at radius 3 is 2.21 bits per heavy atom. The molecule has 4 aliphatic rings. The van der Waals surface area contributed by atoms with E-state index in [1.807, 2.05) is 4.90 Å². The van der Waals surface area contributed by atoms with Gasteiger partial charge in [-0.05, 0) is 56.9 Å². The van der Waals surface area contributed by atoms with Crippen molar-refractivity contribution in [2.75, 3.05) is 39.3 Å². The lowest BCUT2D eigenvalue weighted by molar-refractivity contribution is -0.143. The number of hydrogen-bond donors (Lipinski definition) is 1. The molecule has 1 spiro atoms. The fraction of sp³-hybridized carbons (Fsp3) is 0.889. The van der Waals surface area contributed by atoms with Crippen molar-refractivity contribution < 1.29 is 9.59 Å². The van der Waals surface area contributed by atoms with E-state index in [0.29, 0.717) is 23.8 Å². The van der Waals surface area contributed by atoms with E-state index in [4.69, 9.17) is 0 Å². The molecule has 1 unspecified atom stereocenters. The van der Waals surface area contributed by atoms with Crippen LogP contribution in [0.3, 0.4) is 0 Å². The second kappa shape index (κ2) is 7.20. The Balaban J connectivity index is 0.00000169. The molecule has 4 rings (SSSR count). The van der Waals surface area contributed by atoms with Crippen molar-refractivity contribution in [1.82, 2.24) is 15.1 Å². The van der Waals surface area contributed by atoms with Gasteiger partial charge in [-0.3, -0.25) is 9.59 Å². The molecule has 3 heterocycles. The molecule has 0 aromatic carbocycles. The molecule has 2 amide bonds. The number of piperidine rings is 2. The van der Waals surface area contributed by atoms with Crippen molar-refractivity contribution in [3.63, 3.8) is 0 Å². The van der Waals surface area contributed by atoms with Crippen LogP contribution in [0.4, 0.5) is 0 Å². The topological polar surface area (TPSA) is 52.7 Å². The number of halogens is 1. The first-order valence-corrected chi connectivity index (χ1v) is 9.45. The minimum absolute atomic E-state index is 0. The Morgan fingerprint density at radius 1 is 0.875 bits per heavy atom. The Morgan fingerprint density at radius 2 is 1.58 bits per heavy atom. The van der Waals surface area contributed by atoms with Gasteiger partial charge in [0.15, 0.2) is 0 Å². The molecule has 1 saturated carbocycles. The highest BCUT2D eigenvalue weighted by Crippen LogP contribution is 2.38. The smallest absolute Gasteiger partial charge is 0.227 e. The van der Waals surface area contributed by atoms with Gasteiger partial charge in [0.25, 0.3) is 0 Å². The number of amides is 2. The van der Waals surface area contributed by atoms with Gasteiger partial charge in [-0.2, -0.15) is 0 Å². The van der Waals surface area contributed by atoms with E-state index in [1.54, 1.807) is 0 Å². The fourth-order valence-electron chi connectivity index (χ4n) is 4.65. The first-order valence-electron chi connectivity index (χ1n) is 9.45. The molecule has 0 aromatic rings. The zero-order valence-electron chi connectivity index (χ0n) is 14.5. The lowest BCUT2D eigenvalue weighted by Crippen LogP contribution is -2.50. The third kappa shape index (κ3) is 3.57. The fourth-order valence-corrected chi connectivity index (χ4v) is 4.65. The first-order chi connectivity index (χ1) is 11.2. The third-order valence-corrected chi connectivity index (χ3v) is 6.48. The van der Waals surface area contributed by atoms with E-state index in [2.05, 4.69) is 10.2 Å². The number of nitrogens with one attached hydrogen (secondary N) is 1. The van der Waals surface area contributed by atoms with Crippen LogP contribution >= 0.6 is 12.4 Å². The Bertz CT molecular complexity index is 479. The van der Waals surface area contributed by atoms with E-state index in [9.17, 15) is 9.59 Å². The van der Waals surface area contributed by atoms with Gasteiger partial charge in [0.05, 0.1) is 5.92 Å². The van der Waals surface area contributed by atoms with Crippen LogP contribution in [0.25, 0.3) is 0 Å². The van der Waals surface area contributed by atoms with Gasteiger partial charge in [-0.25, -0.2) is 0 Å². The second-order valence-electron chi connectivity index (χ2n) is 8.15. The van der Waals surface area contributed by atoms with E-state index in [1.165, 1.54) is 6.42 Å². The molecular formula is C18H30ClN3O2. The summed E-state index contributed by atoms with van der Waals surface area (Å²) in [5.74, 6) is 0.923. The standard InChI is InChI=1S/C18H29N3O2.ClH/c22-16(14-3-4-14)21-9-1-2-15(12-21)17(23)20-10-6-18(7-11-20)5-8-19-13-18;/h14-15,19H,1-13H2;1H. The van der Waals surface area contributed by atoms with E-state index < -0.39 is 0 Å². The molecule has 3 saturated heterocycles. The van der Waals surface area contributed by atoms with Crippen molar-refractivity contribution in [3.05, 3.63) is 0 Å². The summed E-state index contributed by atoms with van der Waals surface area (Å²) >= 11 is 0. The summed E-state index contributed by atoms with van der Waals surface area (Å²) in [6.45, 7) is 5.60. The zero-order valence-corrected chi connectivity index (χ0v) is 15.3. The van der Waals surface area contributed by atoms with Gasteiger partial charge in [0.2, 0.25) is 11.8 Å². The second-order valence-corrected chi connectivity index (χ2v) is 8.15. The molecule has 136 valence electrons. The Kier molecular flexibility index (Phi) is 5.40. The summed E-state index contributed by atoms with van der Waals surface area (Å²) in [7, 11) is 0. The summed E-state index contributed by atoms with van der Waals surface area (Å²) in [6.07, 6.45) is 7.59. The lowest BCUT2D eigenvalue weighted by atomic mass is 9.77. The van der Waals surface area contributed by atoms with E-state index >= 15 is 0 Å². The van der Waals surface area contributed by atoms with Crippen LogP contribution in [0.15, 0.2) is 0 Å². The molecule has 1 N–H and O–H groups in total. The Labute approximate surface area is 150 Å². The molecular weight excluding hydrogens is 326 g/mol. The molecule has 0 bridgehead atoms. The molecule has 3 aliphatic heterocycles. The SMILES string of the molecule is Cl.O=C(C1CCCN(C(=O)C2CC2)C1)N1CCC2(CCNC2)CC1. The van der Waals surface area contributed by atoms with Gasteiger partial charge >= 0.3 is 0 Å². The highest BCUT2D eigenvalue weighted by atomic mass is 35.5. The van der Waals surface area contributed by atoms with Crippen molar-refractivity contribution in [2.24, 2.45) is 17.3 Å². The van der Waals surface area contributed by atoms with Gasteiger partial charge in [-0.1, -0.05) is 0 Å². The van der Waals surface area contributed by atoms with Crippen LogP contribution in [0.5, 0.6) is 0 Å². The number of carbonyl (C=O) groups is 2. The minimum Gasteiger partial charge on any atom is -0.342 e. The first kappa shape index (κ1) is 18.0. The number of nitrogens with zero attached hydrogens (tertiary/aromatic N) is 2. The van der Waals surface area contributed by atoms with Gasteiger partial charge in [-0.15, -0.1) is 12.4 Å². The lowest BCUT2D eigenvalue weighted by Gasteiger charge is -2.41. The molecule has 5 nitrogen and oxygen atoms in total. The molecule has 1 atom stereocenters. The maximum absolute atomic E-state index is 12.9. The summed E-state index contributed by atoms with van der Waals surface area (Å²) in [6, 6.07) is 0. The number of hydrogen-bond acceptors (Lipinski definition) is 3. The van der Waals surface area contributed by atoms with E-state index in [-0.39, 0.29) is 24.2 Å². The average molecular weight is 356 g/mol. The predicted molar refractivity (Wildman–Crippen MR) is 95.0 cm³/mol. The van der Waals surface area contributed by atoms with Crippen molar-refractivity contribution >= 4 is 24.2 Å². The normalized spacial score (nSPS) is 29.4. The summed E-state index contributed by atoms with van der Waals surface area (Å²) in [4.78, 5) is 29.2. The molecule has 1 aliphatic carbocycles. The van der Waals surface area contributed by atoms with Gasteiger partial charge in [0, 0.05) is 38.6 Å². The van der Waals surface area contributed by atoms with Crippen LogP contribution < -0.4 is 5.32 Å². The summed E-state index contributed by atoms with van der Waals surface area (Å²) < 4.78 is 0. The van der Waals surface area contributed by atoms with Crippen LogP contribution in [0, 0.1) is 17.3 Å². The number of carbonyl (C=O) groups excluding carboxylic acids is 2. The van der Waals surface area contributed by atoms with Crippen LogP contribution in [0.2, 0.25) is 0 Å². The maximum Gasteiger partial charge on any atom is 0.227 e. The van der Waals surface area contributed by atoms with Crippen LogP contribution in [-0.4, -0.2) is 60.9 Å². The number of rotatable bonds is 2. The highest BCUT2D eigenvalue weighted by Gasteiger charge is 2.41. The Hall–Kier alpha value is -0.810. The summed E-state index contributed by atoms with van der Waals surface area (Å²) in [5, 5.41) is 3.48. The summed E-state index contributed by atoms with van der Waals surface area (Å²) in [5.41, 5.74) is 0.456. The monoisotopic (exact) mass is 355 g/mol. The van der Waals surface area contributed by atoms with Crippen LogP contribution in [0.1, 0.15) is 44.9 Å². The van der Waals surface area contributed by atoms with E-state index in [0.717, 1.165) is 71.2 Å². The number of likely N-dealkylation sites (tertiary alicyclic amines) is 2. The maximum atomic E-state index is 12.9. The largest absolute Gasteiger partial charge is 0.342 e. The van der Waals surface area contributed by atoms with Crippen molar-refractivity contribution in [2.45, 2.75) is 44.9 Å². The van der Waals surface area contributed by atoms with Crippen molar-refractivity contribution in [1.29, 1.82) is 0 Å². The molecule has 0 radical (unpaired) electrons. The quantitative estimate of drug-likeness (QED) is 0.819. The van der Waals surface area contributed by atoms with Crippen LogP contribution in [-0.2, 0) is 9.59 Å². The molecule has 6 heteroatoms. The zero-order chi connectivity index (χ0) is 15.9. The average Bonchev–Trinajstić information content (AvgIpc) is 3.36.